The Morgan fingerprint density at radius 3 is 2.71 bits per heavy atom. The molecular weight excluding hydrogens is 176 g/mol. The van der Waals surface area contributed by atoms with Crippen molar-refractivity contribution in [3.63, 3.8) is 0 Å². The number of esters is 1. The van der Waals surface area contributed by atoms with Gasteiger partial charge in [-0.05, 0) is 11.1 Å². The van der Waals surface area contributed by atoms with Crippen LogP contribution in [-0.4, -0.2) is 5.97 Å². The lowest BCUT2D eigenvalue weighted by molar-refractivity contribution is -0.137. The van der Waals surface area contributed by atoms with Gasteiger partial charge in [0.1, 0.15) is 0 Å². The van der Waals surface area contributed by atoms with Gasteiger partial charge >= 0.3 is 5.97 Å². The molecule has 0 aliphatic carbocycles. The van der Waals surface area contributed by atoms with Crippen molar-refractivity contribution in [1.29, 1.82) is 0 Å². The van der Waals surface area contributed by atoms with Crippen LogP contribution in [0.25, 0.3) is 6.08 Å². The van der Waals surface area contributed by atoms with E-state index in [1.807, 2.05) is 24.3 Å². The van der Waals surface area contributed by atoms with Crippen molar-refractivity contribution < 1.29 is 9.53 Å². The number of benzene rings is 1. The van der Waals surface area contributed by atoms with Gasteiger partial charge in [-0.2, -0.15) is 0 Å². The molecular formula is C12H12O2. The van der Waals surface area contributed by atoms with Crippen LogP contribution in [0.4, 0.5) is 0 Å². The highest BCUT2D eigenvalue weighted by Gasteiger charge is 2.05. The van der Waals surface area contributed by atoms with Gasteiger partial charge in [0.05, 0.1) is 12.7 Å². The molecule has 1 aromatic rings. The molecule has 2 nitrogen and oxygen atoms in total. The molecule has 0 unspecified atom stereocenters. The molecule has 0 N–H and O–H groups in total. The van der Waals surface area contributed by atoms with Gasteiger partial charge in [-0.25, -0.2) is 0 Å². The highest BCUT2D eigenvalue weighted by molar-refractivity contribution is 5.74. The third-order valence-electron chi connectivity index (χ3n) is 1.82. The fraction of sp³-hybridized carbons (Fsp3) is 0.0833. The first-order valence-corrected chi connectivity index (χ1v) is 4.28. The van der Waals surface area contributed by atoms with E-state index in [2.05, 4.69) is 17.9 Å². The van der Waals surface area contributed by atoms with Gasteiger partial charge in [-0.15, -0.1) is 0 Å². The summed E-state index contributed by atoms with van der Waals surface area (Å²) in [5.41, 5.74) is 1.86. The second-order valence-corrected chi connectivity index (χ2v) is 2.74. The molecule has 72 valence electrons. The van der Waals surface area contributed by atoms with E-state index in [1.54, 1.807) is 6.08 Å². The summed E-state index contributed by atoms with van der Waals surface area (Å²) in [6, 6.07) is 7.56. The van der Waals surface area contributed by atoms with Crippen LogP contribution in [-0.2, 0) is 16.0 Å². The van der Waals surface area contributed by atoms with Gasteiger partial charge in [0, 0.05) is 0 Å². The average Bonchev–Trinajstić information content (AvgIpc) is 2.19. The summed E-state index contributed by atoms with van der Waals surface area (Å²) in [6.45, 7) is 6.99. The lowest BCUT2D eigenvalue weighted by Gasteiger charge is -2.03. The third kappa shape index (κ3) is 2.59. The third-order valence-corrected chi connectivity index (χ3v) is 1.82. The van der Waals surface area contributed by atoms with E-state index in [4.69, 9.17) is 0 Å². The van der Waals surface area contributed by atoms with E-state index in [1.165, 1.54) is 0 Å². The minimum atomic E-state index is -0.311. The van der Waals surface area contributed by atoms with E-state index < -0.39 is 0 Å². The van der Waals surface area contributed by atoms with Crippen LogP contribution < -0.4 is 0 Å². The van der Waals surface area contributed by atoms with Gasteiger partial charge < -0.3 is 4.74 Å². The zero-order valence-electron chi connectivity index (χ0n) is 7.90. The maximum absolute atomic E-state index is 11.2. The fourth-order valence-electron chi connectivity index (χ4n) is 1.18. The summed E-state index contributed by atoms with van der Waals surface area (Å²) in [4.78, 5) is 11.2. The second-order valence-electron chi connectivity index (χ2n) is 2.74. The first-order chi connectivity index (χ1) is 6.77. The molecule has 0 aromatic heterocycles. The molecule has 0 fully saturated rings. The Morgan fingerprint density at radius 2 is 2.07 bits per heavy atom. The molecule has 0 atom stereocenters. The summed E-state index contributed by atoms with van der Waals surface area (Å²) in [7, 11) is 0. The van der Waals surface area contributed by atoms with E-state index in [-0.39, 0.29) is 12.4 Å². The van der Waals surface area contributed by atoms with Crippen molar-refractivity contribution in [1.82, 2.24) is 0 Å². The molecule has 0 radical (unpaired) electrons. The average molecular weight is 188 g/mol. The molecule has 0 bridgehead atoms. The number of carbonyl (C=O) groups is 1. The van der Waals surface area contributed by atoms with Crippen LogP contribution in [0, 0.1) is 0 Å². The minimum absolute atomic E-state index is 0.244. The second kappa shape index (κ2) is 5.02. The molecule has 0 heterocycles. The van der Waals surface area contributed by atoms with E-state index in [0.717, 1.165) is 17.4 Å². The van der Waals surface area contributed by atoms with E-state index in [0.29, 0.717) is 0 Å². The van der Waals surface area contributed by atoms with Gasteiger partial charge in [0.15, 0.2) is 0 Å². The van der Waals surface area contributed by atoms with Crippen molar-refractivity contribution in [3.05, 3.63) is 54.8 Å². The maximum atomic E-state index is 11.2. The lowest BCUT2D eigenvalue weighted by Crippen LogP contribution is -2.04. The van der Waals surface area contributed by atoms with Crippen molar-refractivity contribution in [2.75, 3.05) is 0 Å². The Hall–Kier alpha value is -1.83. The summed E-state index contributed by atoms with van der Waals surface area (Å²) in [5, 5.41) is 0. The molecule has 0 saturated heterocycles. The summed E-state index contributed by atoms with van der Waals surface area (Å²) in [5.74, 6) is -0.311. The zero-order valence-corrected chi connectivity index (χ0v) is 7.90. The van der Waals surface area contributed by atoms with Gasteiger partial charge in [0.25, 0.3) is 0 Å². The van der Waals surface area contributed by atoms with Crippen molar-refractivity contribution >= 4 is 12.0 Å². The number of hydrogen-bond donors (Lipinski definition) is 0. The molecule has 1 rings (SSSR count). The van der Waals surface area contributed by atoms with Crippen LogP contribution in [0.15, 0.2) is 43.7 Å². The van der Waals surface area contributed by atoms with Crippen LogP contribution in [0.2, 0.25) is 0 Å². The highest BCUT2D eigenvalue weighted by Crippen LogP contribution is 2.11. The maximum Gasteiger partial charge on any atom is 0.315 e. The van der Waals surface area contributed by atoms with Gasteiger partial charge in [-0.3, -0.25) is 4.79 Å². The standard InChI is InChI=1S/C12H12O2/c1-3-10-7-5-6-8-11(10)9-12(13)14-4-2/h3-8H,1-2,9H2. The number of ether oxygens (including phenoxy) is 1. The molecule has 0 amide bonds. The normalized spacial score (nSPS) is 9.14. The highest BCUT2D eigenvalue weighted by atomic mass is 16.5. The Bertz CT molecular complexity index is 353. The summed E-state index contributed by atoms with van der Waals surface area (Å²) >= 11 is 0. The van der Waals surface area contributed by atoms with Crippen LogP contribution >= 0.6 is 0 Å². The topological polar surface area (TPSA) is 26.3 Å². The SMILES string of the molecule is C=COC(=O)Cc1ccccc1C=C. The summed E-state index contributed by atoms with van der Waals surface area (Å²) < 4.78 is 4.64. The largest absolute Gasteiger partial charge is 0.435 e. The number of hydrogen-bond acceptors (Lipinski definition) is 2. The van der Waals surface area contributed by atoms with Crippen molar-refractivity contribution in [3.8, 4) is 0 Å². The molecule has 0 saturated carbocycles. The zero-order chi connectivity index (χ0) is 10.4. The Labute approximate surface area is 83.5 Å². The molecule has 0 aliphatic rings. The predicted octanol–water partition coefficient (Wildman–Crippen LogP) is 2.56. The van der Waals surface area contributed by atoms with Crippen LogP contribution in [0.1, 0.15) is 11.1 Å². The first-order valence-electron chi connectivity index (χ1n) is 4.28. The van der Waals surface area contributed by atoms with E-state index in [9.17, 15) is 4.79 Å². The minimum Gasteiger partial charge on any atom is -0.435 e. The Balaban J connectivity index is 2.79. The fourth-order valence-corrected chi connectivity index (χ4v) is 1.18. The number of carbonyl (C=O) groups excluding carboxylic acids is 1. The Kier molecular flexibility index (Phi) is 3.68. The molecule has 14 heavy (non-hydrogen) atoms. The predicted molar refractivity (Wildman–Crippen MR) is 56.5 cm³/mol. The van der Waals surface area contributed by atoms with Crippen molar-refractivity contribution in [2.45, 2.75) is 6.42 Å². The van der Waals surface area contributed by atoms with E-state index >= 15 is 0 Å². The molecule has 1 aromatic carbocycles. The molecule has 0 aliphatic heterocycles. The Morgan fingerprint density at radius 1 is 1.36 bits per heavy atom. The van der Waals surface area contributed by atoms with Crippen LogP contribution in [0.3, 0.4) is 0 Å². The molecule has 0 spiro atoms. The van der Waals surface area contributed by atoms with Crippen LogP contribution in [0.5, 0.6) is 0 Å². The van der Waals surface area contributed by atoms with Gasteiger partial charge in [0.2, 0.25) is 0 Å². The monoisotopic (exact) mass is 188 g/mol. The number of rotatable bonds is 4. The molecule has 2 heteroatoms. The van der Waals surface area contributed by atoms with Gasteiger partial charge in [-0.1, -0.05) is 43.5 Å². The lowest BCUT2D eigenvalue weighted by atomic mass is 10.1. The first kappa shape index (κ1) is 10.3. The smallest absolute Gasteiger partial charge is 0.315 e. The quantitative estimate of drug-likeness (QED) is 0.536. The summed E-state index contributed by atoms with van der Waals surface area (Å²) in [6.07, 6.45) is 3.10. The van der Waals surface area contributed by atoms with Crippen molar-refractivity contribution in [2.24, 2.45) is 0 Å².